The second-order valence-corrected chi connectivity index (χ2v) is 4.39. The summed E-state index contributed by atoms with van der Waals surface area (Å²) in [6, 6.07) is 6.83. The van der Waals surface area contributed by atoms with E-state index >= 15 is 0 Å². The van der Waals surface area contributed by atoms with E-state index in [0.717, 1.165) is 17.7 Å². The number of halogens is 3. The summed E-state index contributed by atoms with van der Waals surface area (Å²) in [4.78, 5) is 0. The zero-order chi connectivity index (χ0) is 14.3. The maximum atomic E-state index is 12.7. The van der Waals surface area contributed by atoms with E-state index in [2.05, 4.69) is 15.3 Å². The fraction of sp³-hybridized carbons (Fsp3) is 0.154. The molecule has 0 saturated heterocycles. The lowest BCUT2D eigenvalue weighted by Gasteiger charge is -2.10. The Morgan fingerprint density at radius 2 is 1.95 bits per heavy atom. The predicted molar refractivity (Wildman–Crippen MR) is 66.0 cm³/mol. The fourth-order valence-corrected chi connectivity index (χ4v) is 1.99. The Kier molecular flexibility index (Phi) is 2.70. The third-order valence-corrected chi connectivity index (χ3v) is 2.95. The van der Waals surface area contributed by atoms with Gasteiger partial charge < -0.3 is 0 Å². The van der Waals surface area contributed by atoms with Gasteiger partial charge in [0.15, 0.2) is 5.65 Å². The van der Waals surface area contributed by atoms with Crippen LogP contribution in [0.3, 0.4) is 0 Å². The first-order valence-corrected chi connectivity index (χ1v) is 5.80. The van der Waals surface area contributed by atoms with Crippen molar-refractivity contribution in [1.82, 2.24) is 19.8 Å². The van der Waals surface area contributed by atoms with Gasteiger partial charge in [0, 0.05) is 5.56 Å². The molecule has 0 spiro atoms. The molecule has 0 bridgehead atoms. The summed E-state index contributed by atoms with van der Waals surface area (Å²) < 4.78 is 39.7. The van der Waals surface area contributed by atoms with Crippen molar-refractivity contribution in [3.63, 3.8) is 0 Å². The van der Waals surface area contributed by atoms with Crippen molar-refractivity contribution in [2.24, 2.45) is 0 Å². The molecule has 0 aliphatic heterocycles. The molecule has 0 unspecified atom stereocenters. The molecule has 102 valence electrons. The number of rotatable bonds is 1. The highest BCUT2D eigenvalue weighted by Crippen LogP contribution is 2.32. The predicted octanol–water partition coefficient (Wildman–Crippen LogP) is 3.12. The van der Waals surface area contributed by atoms with Gasteiger partial charge in [0.05, 0.1) is 11.3 Å². The van der Waals surface area contributed by atoms with Gasteiger partial charge in [-0.3, -0.25) is 0 Å². The zero-order valence-corrected chi connectivity index (χ0v) is 10.4. The third kappa shape index (κ3) is 2.11. The first-order valence-electron chi connectivity index (χ1n) is 5.80. The first-order chi connectivity index (χ1) is 9.45. The Hall–Kier alpha value is -2.44. The quantitative estimate of drug-likeness (QED) is 0.687. The van der Waals surface area contributed by atoms with E-state index < -0.39 is 11.7 Å². The molecule has 0 fully saturated rings. The lowest BCUT2D eigenvalue weighted by Crippen LogP contribution is -2.05. The normalized spacial score (nSPS) is 12.0. The van der Waals surface area contributed by atoms with E-state index in [1.54, 1.807) is 19.1 Å². The van der Waals surface area contributed by atoms with Crippen molar-refractivity contribution in [3.05, 3.63) is 47.8 Å². The molecule has 1 aromatic carbocycles. The number of aryl methyl sites for hydroxylation is 1. The maximum absolute atomic E-state index is 12.7. The SMILES string of the molecule is Cc1cc2nncn2nc1-c1cccc(C(F)(F)F)c1. The maximum Gasteiger partial charge on any atom is 0.416 e. The Morgan fingerprint density at radius 3 is 2.70 bits per heavy atom. The molecule has 0 amide bonds. The number of nitrogens with zero attached hydrogens (tertiary/aromatic N) is 4. The molecule has 0 aliphatic rings. The molecule has 2 heterocycles. The summed E-state index contributed by atoms with van der Waals surface area (Å²) in [5.41, 5.74) is 1.49. The molecule has 4 nitrogen and oxygen atoms in total. The van der Waals surface area contributed by atoms with Crippen molar-refractivity contribution < 1.29 is 13.2 Å². The Morgan fingerprint density at radius 1 is 1.15 bits per heavy atom. The second kappa shape index (κ2) is 4.29. The van der Waals surface area contributed by atoms with Gasteiger partial charge in [-0.05, 0) is 30.7 Å². The Labute approximate surface area is 111 Å². The average molecular weight is 278 g/mol. The standard InChI is InChI=1S/C13H9F3N4/c1-8-5-11-18-17-7-20(11)19-12(8)9-3-2-4-10(6-9)13(14,15)16/h2-7H,1H3. The first kappa shape index (κ1) is 12.6. The summed E-state index contributed by atoms with van der Waals surface area (Å²) in [7, 11) is 0. The number of benzene rings is 1. The number of alkyl halides is 3. The number of hydrogen-bond donors (Lipinski definition) is 0. The van der Waals surface area contributed by atoms with E-state index in [0.29, 0.717) is 16.9 Å². The summed E-state index contributed by atoms with van der Waals surface area (Å²) in [6.45, 7) is 1.78. The summed E-state index contributed by atoms with van der Waals surface area (Å²) >= 11 is 0. The van der Waals surface area contributed by atoms with Gasteiger partial charge in [0.25, 0.3) is 0 Å². The topological polar surface area (TPSA) is 43.1 Å². The van der Waals surface area contributed by atoms with E-state index in [9.17, 15) is 13.2 Å². The van der Waals surface area contributed by atoms with Gasteiger partial charge in [-0.15, -0.1) is 10.2 Å². The molecular weight excluding hydrogens is 269 g/mol. The minimum atomic E-state index is -4.37. The van der Waals surface area contributed by atoms with Crippen LogP contribution in [0, 0.1) is 6.92 Å². The van der Waals surface area contributed by atoms with Crippen LogP contribution >= 0.6 is 0 Å². The van der Waals surface area contributed by atoms with Crippen molar-refractivity contribution in [2.45, 2.75) is 13.1 Å². The number of aromatic nitrogens is 4. The molecule has 20 heavy (non-hydrogen) atoms. The van der Waals surface area contributed by atoms with Crippen LogP contribution in [-0.4, -0.2) is 19.8 Å². The van der Waals surface area contributed by atoms with Crippen molar-refractivity contribution >= 4 is 5.65 Å². The minimum absolute atomic E-state index is 0.410. The van der Waals surface area contributed by atoms with Crippen LogP contribution < -0.4 is 0 Å². The van der Waals surface area contributed by atoms with E-state index in [-0.39, 0.29) is 0 Å². The fourth-order valence-electron chi connectivity index (χ4n) is 1.99. The minimum Gasteiger partial charge on any atom is -0.200 e. The smallest absolute Gasteiger partial charge is 0.200 e. The molecule has 2 aromatic heterocycles. The van der Waals surface area contributed by atoms with Gasteiger partial charge in [0.2, 0.25) is 0 Å². The van der Waals surface area contributed by atoms with Crippen molar-refractivity contribution in [3.8, 4) is 11.3 Å². The molecule has 0 N–H and O–H groups in total. The van der Waals surface area contributed by atoms with Crippen LogP contribution in [0.4, 0.5) is 13.2 Å². The van der Waals surface area contributed by atoms with Crippen LogP contribution in [-0.2, 0) is 6.18 Å². The Balaban J connectivity index is 2.17. The molecule has 0 saturated carbocycles. The molecule has 0 radical (unpaired) electrons. The van der Waals surface area contributed by atoms with Crippen molar-refractivity contribution in [2.75, 3.05) is 0 Å². The second-order valence-electron chi connectivity index (χ2n) is 4.39. The molecule has 0 aliphatic carbocycles. The molecule has 7 heteroatoms. The largest absolute Gasteiger partial charge is 0.416 e. The molecule has 0 atom stereocenters. The highest BCUT2D eigenvalue weighted by atomic mass is 19.4. The molecule has 3 rings (SSSR count). The third-order valence-electron chi connectivity index (χ3n) is 2.95. The highest BCUT2D eigenvalue weighted by molar-refractivity contribution is 5.65. The summed E-state index contributed by atoms with van der Waals surface area (Å²) in [6.07, 6.45) is -2.96. The van der Waals surface area contributed by atoms with Crippen LogP contribution in [0.15, 0.2) is 36.7 Å². The van der Waals surface area contributed by atoms with Crippen LogP contribution in [0.2, 0.25) is 0 Å². The summed E-state index contributed by atoms with van der Waals surface area (Å²) in [5.74, 6) is 0. The van der Waals surface area contributed by atoms with Crippen LogP contribution in [0.25, 0.3) is 16.9 Å². The molecule has 3 aromatic rings. The van der Waals surface area contributed by atoms with Gasteiger partial charge in [0.1, 0.15) is 6.33 Å². The molecular formula is C13H9F3N4. The van der Waals surface area contributed by atoms with E-state index in [1.165, 1.54) is 16.9 Å². The van der Waals surface area contributed by atoms with E-state index in [4.69, 9.17) is 0 Å². The van der Waals surface area contributed by atoms with Gasteiger partial charge in [-0.25, -0.2) is 0 Å². The lowest BCUT2D eigenvalue weighted by molar-refractivity contribution is -0.137. The highest BCUT2D eigenvalue weighted by Gasteiger charge is 2.30. The van der Waals surface area contributed by atoms with Gasteiger partial charge in [-0.2, -0.15) is 22.8 Å². The van der Waals surface area contributed by atoms with Crippen molar-refractivity contribution in [1.29, 1.82) is 0 Å². The van der Waals surface area contributed by atoms with Gasteiger partial charge in [-0.1, -0.05) is 12.1 Å². The monoisotopic (exact) mass is 278 g/mol. The van der Waals surface area contributed by atoms with E-state index in [1.807, 2.05) is 0 Å². The number of fused-ring (bicyclic) bond motifs is 1. The Bertz CT molecular complexity index is 777. The van der Waals surface area contributed by atoms with Crippen LogP contribution in [0.5, 0.6) is 0 Å². The lowest BCUT2D eigenvalue weighted by atomic mass is 10.0. The van der Waals surface area contributed by atoms with Crippen LogP contribution in [0.1, 0.15) is 11.1 Å². The average Bonchev–Trinajstić information content (AvgIpc) is 2.84. The van der Waals surface area contributed by atoms with Gasteiger partial charge >= 0.3 is 6.18 Å². The zero-order valence-electron chi connectivity index (χ0n) is 10.4. The number of hydrogen-bond acceptors (Lipinski definition) is 3. The summed E-state index contributed by atoms with van der Waals surface area (Å²) in [5, 5.41) is 11.8.